The number of ether oxygens (including phenoxy) is 1. The largest absolute Gasteiger partial charge is 0.381 e. The molecule has 3 heterocycles. The van der Waals surface area contributed by atoms with E-state index in [4.69, 9.17) is 4.74 Å². The lowest BCUT2D eigenvalue weighted by atomic mass is 9.72. The second-order valence-electron chi connectivity index (χ2n) is 9.85. The number of likely N-dealkylation sites (tertiary alicyclic amines) is 2. The van der Waals surface area contributed by atoms with Gasteiger partial charge in [-0.1, -0.05) is 55.0 Å². The SMILES string of the molecule is O=C1CCCC[C@@H]2[C@H](CCN2C(=O)C2(c3ccccc3F)CCOCC2)N1Cc1ccccc1. The molecule has 3 aliphatic heterocycles. The topological polar surface area (TPSA) is 49.9 Å². The molecule has 34 heavy (non-hydrogen) atoms. The quantitative estimate of drug-likeness (QED) is 0.672. The molecule has 3 aliphatic rings. The zero-order valence-electron chi connectivity index (χ0n) is 19.6. The molecule has 2 amide bonds. The van der Waals surface area contributed by atoms with Crippen molar-refractivity contribution in [3.05, 3.63) is 71.5 Å². The summed E-state index contributed by atoms with van der Waals surface area (Å²) < 4.78 is 20.6. The molecule has 180 valence electrons. The van der Waals surface area contributed by atoms with Gasteiger partial charge < -0.3 is 14.5 Å². The molecule has 0 saturated carbocycles. The van der Waals surface area contributed by atoms with Crippen LogP contribution in [0.15, 0.2) is 54.6 Å². The summed E-state index contributed by atoms with van der Waals surface area (Å²) in [5, 5.41) is 0. The monoisotopic (exact) mass is 464 g/mol. The number of nitrogens with zero attached hydrogens (tertiary/aromatic N) is 2. The third kappa shape index (κ3) is 4.24. The zero-order valence-corrected chi connectivity index (χ0v) is 19.6. The van der Waals surface area contributed by atoms with Crippen molar-refractivity contribution in [2.75, 3.05) is 19.8 Å². The Morgan fingerprint density at radius 3 is 2.47 bits per heavy atom. The predicted molar refractivity (Wildman–Crippen MR) is 127 cm³/mol. The summed E-state index contributed by atoms with van der Waals surface area (Å²) >= 11 is 0. The van der Waals surface area contributed by atoms with Crippen LogP contribution in [-0.2, 0) is 26.3 Å². The van der Waals surface area contributed by atoms with Gasteiger partial charge >= 0.3 is 0 Å². The van der Waals surface area contributed by atoms with E-state index < -0.39 is 5.41 Å². The first-order valence-electron chi connectivity index (χ1n) is 12.6. The fourth-order valence-electron chi connectivity index (χ4n) is 6.19. The molecule has 2 aromatic rings. The first-order valence-corrected chi connectivity index (χ1v) is 12.6. The molecule has 3 fully saturated rings. The number of hydrogen-bond donors (Lipinski definition) is 0. The second kappa shape index (κ2) is 9.87. The van der Waals surface area contributed by atoms with Crippen LogP contribution in [0.3, 0.4) is 0 Å². The van der Waals surface area contributed by atoms with E-state index in [-0.39, 0.29) is 29.7 Å². The van der Waals surface area contributed by atoms with Gasteiger partial charge in [0.2, 0.25) is 11.8 Å². The maximum Gasteiger partial charge on any atom is 0.233 e. The molecular weight excluding hydrogens is 431 g/mol. The van der Waals surface area contributed by atoms with Crippen LogP contribution < -0.4 is 0 Å². The number of hydrogen-bond acceptors (Lipinski definition) is 3. The predicted octanol–water partition coefficient (Wildman–Crippen LogP) is 4.45. The van der Waals surface area contributed by atoms with Crippen LogP contribution in [0.25, 0.3) is 0 Å². The fraction of sp³-hybridized carbons (Fsp3) is 0.500. The standard InChI is InChI=1S/C28H33FN2O3/c29-23-11-5-4-10-22(23)28(15-18-34-19-16-28)27(33)30-17-14-25-24(30)12-6-7-13-26(32)31(25)20-21-8-2-1-3-9-21/h1-5,8-11,24-25H,6-7,12-20H2/t24-,25+/m1/s1. The van der Waals surface area contributed by atoms with Crippen LogP contribution in [0.1, 0.15) is 56.1 Å². The van der Waals surface area contributed by atoms with Crippen molar-refractivity contribution in [3.8, 4) is 0 Å². The Morgan fingerprint density at radius 1 is 0.971 bits per heavy atom. The summed E-state index contributed by atoms with van der Waals surface area (Å²) in [6.45, 7) is 2.06. The van der Waals surface area contributed by atoms with Crippen molar-refractivity contribution in [3.63, 3.8) is 0 Å². The third-order valence-electron chi connectivity index (χ3n) is 7.97. The van der Waals surface area contributed by atoms with E-state index in [1.807, 2.05) is 46.2 Å². The number of benzene rings is 2. The van der Waals surface area contributed by atoms with Crippen molar-refractivity contribution >= 4 is 11.8 Å². The number of fused-ring (bicyclic) bond motifs is 1. The van der Waals surface area contributed by atoms with Crippen molar-refractivity contribution < 1.29 is 18.7 Å². The molecule has 0 N–H and O–H groups in total. The maximum absolute atomic E-state index is 15.0. The number of rotatable bonds is 4. The molecule has 0 bridgehead atoms. The lowest BCUT2D eigenvalue weighted by Crippen LogP contribution is -2.55. The molecule has 0 unspecified atom stereocenters. The highest BCUT2D eigenvalue weighted by Gasteiger charge is 2.50. The highest BCUT2D eigenvalue weighted by Crippen LogP contribution is 2.41. The highest BCUT2D eigenvalue weighted by molar-refractivity contribution is 5.89. The summed E-state index contributed by atoms with van der Waals surface area (Å²) in [7, 11) is 0. The van der Waals surface area contributed by atoms with E-state index >= 15 is 4.39 Å². The molecule has 6 heteroatoms. The van der Waals surface area contributed by atoms with Gasteiger partial charge in [-0.2, -0.15) is 0 Å². The lowest BCUT2D eigenvalue weighted by Gasteiger charge is -2.43. The number of carbonyl (C=O) groups is 2. The van der Waals surface area contributed by atoms with Gasteiger partial charge in [0.05, 0.1) is 17.5 Å². The number of halogens is 1. The van der Waals surface area contributed by atoms with Gasteiger partial charge in [-0.25, -0.2) is 4.39 Å². The molecule has 0 radical (unpaired) electrons. The molecule has 3 saturated heterocycles. The summed E-state index contributed by atoms with van der Waals surface area (Å²) in [6.07, 6.45) is 4.91. The fourth-order valence-corrected chi connectivity index (χ4v) is 6.19. The van der Waals surface area contributed by atoms with Gasteiger partial charge in [-0.05, 0) is 43.7 Å². The minimum absolute atomic E-state index is 0.00100. The highest BCUT2D eigenvalue weighted by atomic mass is 19.1. The molecule has 2 atom stereocenters. The Balaban J connectivity index is 1.46. The first kappa shape index (κ1) is 23.0. The average molecular weight is 465 g/mol. The lowest BCUT2D eigenvalue weighted by molar-refractivity contribution is -0.145. The van der Waals surface area contributed by atoms with E-state index in [1.165, 1.54) is 6.07 Å². The Hall–Kier alpha value is -2.73. The maximum atomic E-state index is 15.0. The van der Waals surface area contributed by atoms with E-state index in [0.29, 0.717) is 51.1 Å². The van der Waals surface area contributed by atoms with Crippen LogP contribution in [0.5, 0.6) is 0 Å². The van der Waals surface area contributed by atoms with Gasteiger partial charge in [-0.15, -0.1) is 0 Å². The smallest absolute Gasteiger partial charge is 0.233 e. The Morgan fingerprint density at radius 2 is 1.71 bits per heavy atom. The van der Waals surface area contributed by atoms with E-state index in [9.17, 15) is 9.59 Å². The molecule has 0 aliphatic carbocycles. The molecule has 5 nitrogen and oxygen atoms in total. The van der Waals surface area contributed by atoms with Crippen molar-refractivity contribution in [1.82, 2.24) is 9.80 Å². The summed E-state index contributed by atoms with van der Waals surface area (Å²) in [5.74, 6) is -0.157. The van der Waals surface area contributed by atoms with Gasteiger partial charge in [0, 0.05) is 38.3 Å². The van der Waals surface area contributed by atoms with Gasteiger partial charge in [0.25, 0.3) is 0 Å². The number of amides is 2. The minimum Gasteiger partial charge on any atom is -0.381 e. The van der Waals surface area contributed by atoms with Crippen molar-refractivity contribution in [1.29, 1.82) is 0 Å². The third-order valence-corrected chi connectivity index (χ3v) is 7.97. The minimum atomic E-state index is -0.908. The average Bonchev–Trinajstić information content (AvgIpc) is 3.27. The first-order chi connectivity index (χ1) is 16.6. The van der Waals surface area contributed by atoms with Crippen LogP contribution in [0, 0.1) is 5.82 Å². The van der Waals surface area contributed by atoms with Crippen LogP contribution in [-0.4, -0.2) is 53.5 Å². The zero-order chi connectivity index (χ0) is 23.5. The van der Waals surface area contributed by atoms with Crippen LogP contribution in [0.2, 0.25) is 0 Å². The van der Waals surface area contributed by atoms with Gasteiger partial charge in [0.1, 0.15) is 5.82 Å². The Labute approximate surface area is 200 Å². The van der Waals surface area contributed by atoms with E-state index in [0.717, 1.165) is 31.2 Å². The molecule has 0 spiro atoms. The normalized spacial score (nSPS) is 24.9. The molecular formula is C28H33FN2O3. The summed E-state index contributed by atoms with van der Waals surface area (Å²) in [6, 6.07) is 16.7. The van der Waals surface area contributed by atoms with Crippen molar-refractivity contribution in [2.45, 2.75) is 69.0 Å². The summed E-state index contributed by atoms with van der Waals surface area (Å²) in [5.41, 5.74) is 0.678. The molecule has 5 rings (SSSR count). The molecule has 0 aromatic heterocycles. The Bertz CT molecular complexity index is 1020. The van der Waals surface area contributed by atoms with Gasteiger partial charge in [0.15, 0.2) is 0 Å². The number of carbonyl (C=O) groups excluding carboxylic acids is 2. The van der Waals surface area contributed by atoms with E-state index in [1.54, 1.807) is 12.1 Å². The summed E-state index contributed by atoms with van der Waals surface area (Å²) in [4.78, 5) is 31.4. The van der Waals surface area contributed by atoms with Crippen LogP contribution >= 0.6 is 0 Å². The van der Waals surface area contributed by atoms with Crippen molar-refractivity contribution in [2.24, 2.45) is 0 Å². The van der Waals surface area contributed by atoms with Crippen LogP contribution in [0.4, 0.5) is 4.39 Å². The van der Waals surface area contributed by atoms with Gasteiger partial charge in [-0.3, -0.25) is 9.59 Å². The Kier molecular flexibility index (Phi) is 6.68. The second-order valence-corrected chi connectivity index (χ2v) is 9.85. The molecule has 2 aromatic carbocycles. The van der Waals surface area contributed by atoms with E-state index in [2.05, 4.69) is 0 Å².